The summed E-state index contributed by atoms with van der Waals surface area (Å²) in [6.07, 6.45) is -0.553. The summed E-state index contributed by atoms with van der Waals surface area (Å²) in [5.74, 6) is -2.08. The maximum absolute atomic E-state index is 10.3. The number of aliphatic carboxylic acids is 1. The molecule has 0 fully saturated rings. The average Bonchev–Trinajstić information content (AvgIpc) is 1.81. The topological polar surface area (TPSA) is 97.5 Å². The molecule has 0 aromatic heterocycles. The Bertz CT molecular complexity index is 185. The van der Waals surface area contributed by atoms with Crippen LogP contribution in [0.15, 0.2) is 0 Å². The van der Waals surface area contributed by atoms with Gasteiger partial charge in [-0.25, -0.2) is 4.79 Å². The summed E-state index contributed by atoms with van der Waals surface area (Å²) in [7, 11) is 0. The van der Waals surface area contributed by atoms with E-state index in [1.165, 1.54) is 0 Å². The number of carboxylic acid groups (broad SMARTS) is 1. The molecule has 1 N–H and O–H groups in total. The minimum atomic E-state index is -1.80. The lowest BCUT2D eigenvalue weighted by atomic mass is 10.2. The number of hydrogen-bond acceptors (Lipinski definition) is 4. The molecule has 0 aliphatic rings. The molecule has 0 aromatic carbocycles. The van der Waals surface area contributed by atoms with Crippen molar-refractivity contribution >= 4 is 11.8 Å². The first kappa shape index (κ1) is 9.54. The molecule has 0 aromatic rings. The lowest BCUT2D eigenvalue weighted by Crippen LogP contribution is -2.31. The molecule has 0 aliphatic carbocycles. The zero-order valence-electron chi connectivity index (χ0n) is 5.81. The standard InChI is InChI=1S/C5H7NO5/c1-3(7)2-4(5(8)9)6(10)11/h4H,2H2,1H3,(H,8,9). The summed E-state index contributed by atoms with van der Waals surface area (Å²) in [5, 5.41) is 18.1. The monoisotopic (exact) mass is 161 g/mol. The Morgan fingerprint density at radius 1 is 1.64 bits per heavy atom. The van der Waals surface area contributed by atoms with Crippen molar-refractivity contribution in [3.63, 3.8) is 0 Å². The van der Waals surface area contributed by atoms with Crippen LogP contribution in [0, 0.1) is 10.1 Å². The van der Waals surface area contributed by atoms with Crippen LogP contribution in [0.3, 0.4) is 0 Å². The van der Waals surface area contributed by atoms with Crippen molar-refractivity contribution in [1.29, 1.82) is 0 Å². The summed E-state index contributed by atoms with van der Waals surface area (Å²) in [6, 6.07) is -1.80. The molecular formula is C5H7NO5. The highest BCUT2D eigenvalue weighted by Crippen LogP contribution is 1.97. The van der Waals surface area contributed by atoms with Crippen LogP contribution in [-0.4, -0.2) is 27.8 Å². The van der Waals surface area contributed by atoms with Crippen molar-refractivity contribution in [1.82, 2.24) is 0 Å². The van der Waals surface area contributed by atoms with Gasteiger partial charge in [0, 0.05) is 4.92 Å². The lowest BCUT2D eigenvalue weighted by molar-refractivity contribution is -0.508. The van der Waals surface area contributed by atoms with Gasteiger partial charge in [-0.05, 0) is 6.92 Å². The van der Waals surface area contributed by atoms with Gasteiger partial charge >= 0.3 is 12.0 Å². The molecule has 11 heavy (non-hydrogen) atoms. The predicted molar refractivity (Wildman–Crippen MR) is 33.7 cm³/mol. The zero-order valence-corrected chi connectivity index (χ0v) is 5.81. The highest BCUT2D eigenvalue weighted by molar-refractivity contribution is 5.83. The fourth-order valence-electron chi connectivity index (χ4n) is 0.524. The molecule has 1 unspecified atom stereocenters. The minimum absolute atomic E-state index is 0.505. The summed E-state index contributed by atoms with van der Waals surface area (Å²) >= 11 is 0. The molecule has 0 aliphatic heterocycles. The molecule has 0 rings (SSSR count). The molecule has 0 spiro atoms. The summed E-state index contributed by atoms with van der Waals surface area (Å²) in [6.45, 7) is 1.11. The number of hydrogen-bond donors (Lipinski definition) is 1. The van der Waals surface area contributed by atoms with E-state index in [9.17, 15) is 19.7 Å². The third kappa shape index (κ3) is 3.29. The van der Waals surface area contributed by atoms with Gasteiger partial charge in [0.25, 0.3) is 0 Å². The van der Waals surface area contributed by atoms with E-state index in [0.717, 1.165) is 6.92 Å². The van der Waals surface area contributed by atoms with Gasteiger partial charge in [0.15, 0.2) is 0 Å². The number of ketones is 1. The maximum atomic E-state index is 10.3. The first-order chi connectivity index (χ1) is 4.95. The van der Waals surface area contributed by atoms with Crippen molar-refractivity contribution < 1.29 is 19.6 Å². The Morgan fingerprint density at radius 3 is 2.18 bits per heavy atom. The van der Waals surface area contributed by atoms with Gasteiger partial charge < -0.3 is 5.11 Å². The lowest BCUT2D eigenvalue weighted by Gasteiger charge is -1.99. The quantitative estimate of drug-likeness (QED) is 0.450. The van der Waals surface area contributed by atoms with Crippen molar-refractivity contribution in [3.8, 4) is 0 Å². The Hall–Kier alpha value is -1.46. The molecule has 0 amide bonds. The normalized spacial score (nSPS) is 12.1. The minimum Gasteiger partial charge on any atom is -0.476 e. The van der Waals surface area contributed by atoms with E-state index in [2.05, 4.69) is 0 Å². The van der Waals surface area contributed by atoms with E-state index in [0.29, 0.717) is 0 Å². The molecule has 0 bridgehead atoms. The fraction of sp³-hybridized carbons (Fsp3) is 0.600. The average molecular weight is 161 g/mol. The second kappa shape index (κ2) is 3.65. The highest BCUT2D eigenvalue weighted by atomic mass is 16.6. The van der Waals surface area contributed by atoms with E-state index < -0.39 is 29.1 Å². The van der Waals surface area contributed by atoms with E-state index >= 15 is 0 Å². The van der Waals surface area contributed by atoms with Gasteiger partial charge in [-0.3, -0.25) is 14.9 Å². The number of Topliss-reactive ketones (excluding diaryl/α,β-unsaturated/α-hetero) is 1. The number of carbonyl (C=O) groups excluding carboxylic acids is 1. The molecular weight excluding hydrogens is 154 g/mol. The van der Waals surface area contributed by atoms with Crippen molar-refractivity contribution in [2.75, 3.05) is 0 Å². The van der Waals surface area contributed by atoms with Crippen molar-refractivity contribution in [2.45, 2.75) is 19.4 Å². The number of nitrogens with zero attached hydrogens (tertiary/aromatic N) is 1. The molecule has 0 radical (unpaired) electrons. The van der Waals surface area contributed by atoms with Gasteiger partial charge in [-0.2, -0.15) is 0 Å². The first-order valence-corrected chi connectivity index (χ1v) is 2.81. The Morgan fingerprint density at radius 2 is 2.09 bits per heavy atom. The van der Waals surface area contributed by atoms with Crippen LogP contribution in [0.4, 0.5) is 0 Å². The third-order valence-corrected chi connectivity index (χ3v) is 1.02. The predicted octanol–water partition coefficient (Wildman–Crippen LogP) is -0.305. The Labute approximate surface area is 62.0 Å². The first-order valence-electron chi connectivity index (χ1n) is 2.81. The number of carboxylic acids is 1. The van der Waals surface area contributed by atoms with Crippen LogP contribution in [0.1, 0.15) is 13.3 Å². The molecule has 0 heterocycles. The smallest absolute Gasteiger partial charge is 0.379 e. The van der Waals surface area contributed by atoms with Gasteiger partial charge in [0.05, 0.1) is 6.42 Å². The Balaban J connectivity index is 4.23. The maximum Gasteiger partial charge on any atom is 0.379 e. The van der Waals surface area contributed by atoms with Gasteiger partial charge in [0.2, 0.25) is 0 Å². The second-order valence-electron chi connectivity index (χ2n) is 2.05. The third-order valence-electron chi connectivity index (χ3n) is 1.02. The van der Waals surface area contributed by atoms with Crippen LogP contribution >= 0.6 is 0 Å². The number of carbonyl (C=O) groups is 2. The van der Waals surface area contributed by atoms with Crippen LogP contribution in [0.25, 0.3) is 0 Å². The largest absolute Gasteiger partial charge is 0.476 e. The van der Waals surface area contributed by atoms with Crippen LogP contribution in [0.5, 0.6) is 0 Å². The van der Waals surface area contributed by atoms with Gasteiger partial charge in [-0.1, -0.05) is 0 Å². The molecule has 6 heteroatoms. The van der Waals surface area contributed by atoms with E-state index in [1.807, 2.05) is 0 Å². The fourth-order valence-corrected chi connectivity index (χ4v) is 0.524. The van der Waals surface area contributed by atoms with Gasteiger partial charge in [-0.15, -0.1) is 0 Å². The second-order valence-corrected chi connectivity index (χ2v) is 2.05. The summed E-state index contributed by atoms with van der Waals surface area (Å²) < 4.78 is 0. The molecule has 0 saturated carbocycles. The number of nitro groups is 1. The molecule has 0 saturated heterocycles. The molecule has 6 nitrogen and oxygen atoms in total. The van der Waals surface area contributed by atoms with Crippen molar-refractivity contribution in [3.05, 3.63) is 10.1 Å². The summed E-state index contributed by atoms with van der Waals surface area (Å²) in [5.41, 5.74) is 0. The van der Waals surface area contributed by atoms with E-state index in [1.54, 1.807) is 0 Å². The SMILES string of the molecule is CC(=O)CC(C(=O)O)[N+](=O)[O-]. The molecule has 1 atom stereocenters. The summed E-state index contributed by atoms with van der Waals surface area (Å²) in [4.78, 5) is 29.3. The van der Waals surface area contributed by atoms with Crippen molar-refractivity contribution in [2.24, 2.45) is 0 Å². The van der Waals surface area contributed by atoms with Gasteiger partial charge in [0.1, 0.15) is 5.78 Å². The molecule has 62 valence electrons. The number of rotatable bonds is 4. The van der Waals surface area contributed by atoms with E-state index in [-0.39, 0.29) is 0 Å². The van der Waals surface area contributed by atoms with Crippen LogP contribution in [-0.2, 0) is 9.59 Å². The zero-order chi connectivity index (χ0) is 9.02. The van der Waals surface area contributed by atoms with Crippen LogP contribution in [0.2, 0.25) is 0 Å². The Kier molecular flexibility index (Phi) is 3.16. The van der Waals surface area contributed by atoms with E-state index in [4.69, 9.17) is 5.11 Å². The highest BCUT2D eigenvalue weighted by Gasteiger charge is 2.30. The van der Waals surface area contributed by atoms with Crippen LogP contribution < -0.4 is 0 Å².